The summed E-state index contributed by atoms with van der Waals surface area (Å²) in [6.07, 6.45) is 1.05. The molecular weight excluding hydrogens is 140 g/mol. The van der Waals surface area contributed by atoms with Gasteiger partial charge in [0, 0.05) is 6.26 Å². The Labute approximate surface area is 54.5 Å². The van der Waals surface area contributed by atoms with Crippen LogP contribution in [0.4, 0.5) is 0 Å². The standard InChI is InChI=1S/C4H10N2O2S/c1-3(4(5)6)9(2,7)8/h3H,1-2H3,(H3,5,6). The molecule has 0 rings (SSSR count). The van der Waals surface area contributed by atoms with Crippen molar-refractivity contribution in [3.05, 3.63) is 0 Å². The first-order valence-electron chi connectivity index (χ1n) is 2.38. The van der Waals surface area contributed by atoms with Crippen molar-refractivity contribution in [2.45, 2.75) is 12.2 Å². The zero-order valence-electron chi connectivity index (χ0n) is 5.38. The Morgan fingerprint density at radius 3 is 2.00 bits per heavy atom. The van der Waals surface area contributed by atoms with Gasteiger partial charge >= 0.3 is 0 Å². The lowest BCUT2D eigenvalue weighted by molar-refractivity contribution is 0.598. The summed E-state index contributed by atoms with van der Waals surface area (Å²) in [6.45, 7) is 1.39. The van der Waals surface area contributed by atoms with Crippen LogP contribution in [0.1, 0.15) is 6.92 Å². The predicted octanol–water partition coefficient (Wildman–Crippen LogP) is -0.645. The Morgan fingerprint density at radius 1 is 1.67 bits per heavy atom. The van der Waals surface area contributed by atoms with Crippen LogP contribution in [0, 0.1) is 5.41 Å². The van der Waals surface area contributed by atoms with Crippen molar-refractivity contribution in [2.24, 2.45) is 5.73 Å². The molecule has 0 spiro atoms. The second-order valence-corrected chi connectivity index (χ2v) is 4.29. The molecule has 1 atom stereocenters. The van der Waals surface area contributed by atoms with Crippen molar-refractivity contribution >= 4 is 15.7 Å². The minimum absolute atomic E-state index is 0.308. The summed E-state index contributed by atoms with van der Waals surface area (Å²) in [7, 11) is -3.15. The first-order valence-corrected chi connectivity index (χ1v) is 4.34. The number of nitrogens with two attached hydrogens (primary N) is 1. The molecule has 0 aliphatic heterocycles. The molecule has 0 aliphatic carbocycles. The molecule has 4 nitrogen and oxygen atoms in total. The van der Waals surface area contributed by atoms with Gasteiger partial charge in [-0.05, 0) is 6.92 Å². The highest BCUT2D eigenvalue weighted by Crippen LogP contribution is 1.94. The topological polar surface area (TPSA) is 84.0 Å². The van der Waals surface area contributed by atoms with Gasteiger partial charge in [0.2, 0.25) is 0 Å². The van der Waals surface area contributed by atoms with E-state index >= 15 is 0 Å². The quantitative estimate of drug-likeness (QED) is 0.405. The Balaban J connectivity index is 4.43. The van der Waals surface area contributed by atoms with E-state index in [4.69, 9.17) is 11.1 Å². The molecule has 0 aromatic heterocycles. The molecule has 0 aromatic rings. The van der Waals surface area contributed by atoms with E-state index in [0.29, 0.717) is 0 Å². The van der Waals surface area contributed by atoms with Gasteiger partial charge in [0.25, 0.3) is 0 Å². The van der Waals surface area contributed by atoms with Crippen LogP contribution in [0.5, 0.6) is 0 Å². The smallest absolute Gasteiger partial charge is 0.157 e. The van der Waals surface area contributed by atoms with Crippen molar-refractivity contribution in [3.63, 3.8) is 0 Å². The molecule has 0 aromatic carbocycles. The summed E-state index contributed by atoms with van der Waals surface area (Å²) in [4.78, 5) is 0. The summed E-state index contributed by atoms with van der Waals surface area (Å²) in [5.74, 6) is -0.308. The molecule has 0 saturated carbocycles. The average Bonchev–Trinajstić information content (AvgIpc) is 1.62. The molecule has 0 aliphatic rings. The first kappa shape index (κ1) is 8.42. The van der Waals surface area contributed by atoms with E-state index in [1.165, 1.54) is 6.92 Å². The monoisotopic (exact) mass is 150 g/mol. The lowest BCUT2D eigenvalue weighted by Gasteiger charge is -2.04. The molecule has 3 N–H and O–H groups in total. The van der Waals surface area contributed by atoms with Gasteiger partial charge in [-0.15, -0.1) is 0 Å². The van der Waals surface area contributed by atoms with Gasteiger partial charge in [0.05, 0.1) is 0 Å². The van der Waals surface area contributed by atoms with E-state index in [2.05, 4.69) is 0 Å². The SMILES string of the molecule is CC(C(=N)N)S(C)(=O)=O. The minimum atomic E-state index is -3.15. The molecular formula is C4H10N2O2S. The Bertz CT molecular complexity index is 207. The Kier molecular flexibility index (Phi) is 2.19. The highest BCUT2D eigenvalue weighted by atomic mass is 32.2. The fourth-order valence-electron chi connectivity index (χ4n) is 0.231. The average molecular weight is 150 g/mol. The van der Waals surface area contributed by atoms with Gasteiger partial charge in [0.15, 0.2) is 9.84 Å². The van der Waals surface area contributed by atoms with Gasteiger partial charge in [0.1, 0.15) is 11.1 Å². The zero-order chi connectivity index (χ0) is 7.65. The predicted molar refractivity (Wildman–Crippen MR) is 36.2 cm³/mol. The zero-order valence-corrected chi connectivity index (χ0v) is 6.20. The van der Waals surface area contributed by atoms with E-state index in [0.717, 1.165) is 6.26 Å². The lowest BCUT2D eigenvalue weighted by Crippen LogP contribution is -2.31. The van der Waals surface area contributed by atoms with Crippen LogP contribution in [0.25, 0.3) is 0 Å². The molecule has 5 heteroatoms. The molecule has 0 amide bonds. The fraction of sp³-hybridized carbons (Fsp3) is 0.750. The van der Waals surface area contributed by atoms with E-state index in [9.17, 15) is 8.42 Å². The Hall–Kier alpha value is -0.580. The van der Waals surface area contributed by atoms with E-state index in [1.54, 1.807) is 0 Å². The summed E-state index contributed by atoms with van der Waals surface area (Å²) in [5.41, 5.74) is 4.93. The van der Waals surface area contributed by atoms with Gasteiger partial charge in [-0.25, -0.2) is 8.42 Å². The maximum atomic E-state index is 10.6. The third-order valence-corrected chi connectivity index (χ3v) is 2.62. The van der Waals surface area contributed by atoms with Crippen LogP contribution in [0.2, 0.25) is 0 Å². The first-order chi connectivity index (χ1) is 3.85. The second kappa shape index (κ2) is 2.34. The molecule has 0 saturated heterocycles. The maximum Gasteiger partial charge on any atom is 0.157 e. The highest BCUT2D eigenvalue weighted by Gasteiger charge is 2.16. The van der Waals surface area contributed by atoms with E-state index < -0.39 is 15.1 Å². The number of sulfone groups is 1. The van der Waals surface area contributed by atoms with E-state index in [1.807, 2.05) is 0 Å². The maximum absolute atomic E-state index is 10.6. The number of nitrogens with one attached hydrogen (secondary N) is 1. The van der Waals surface area contributed by atoms with Crippen molar-refractivity contribution < 1.29 is 8.42 Å². The van der Waals surface area contributed by atoms with Gasteiger partial charge < -0.3 is 5.73 Å². The van der Waals surface area contributed by atoms with Crippen LogP contribution in [0.3, 0.4) is 0 Å². The van der Waals surface area contributed by atoms with Crippen molar-refractivity contribution in [2.75, 3.05) is 6.26 Å². The molecule has 0 bridgehead atoms. The third-order valence-electron chi connectivity index (χ3n) is 1.08. The fourth-order valence-corrected chi connectivity index (χ4v) is 0.692. The van der Waals surface area contributed by atoms with Gasteiger partial charge in [-0.3, -0.25) is 5.41 Å². The molecule has 0 radical (unpaired) electrons. The number of rotatable bonds is 2. The molecule has 9 heavy (non-hydrogen) atoms. The molecule has 0 heterocycles. The summed E-state index contributed by atoms with van der Waals surface area (Å²) in [6, 6.07) is 0. The van der Waals surface area contributed by atoms with Gasteiger partial charge in [-0.1, -0.05) is 0 Å². The second-order valence-electron chi connectivity index (χ2n) is 1.93. The normalized spacial score (nSPS) is 14.9. The van der Waals surface area contributed by atoms with Crippen molar-refractivity contribution in [1.82, 2.24) is 0 Å². The Morgan fingerprint density at radius 2 is 2.00 bits per heavy atom. The molecule has 54 valence electrons. The number of hydrogen-bond acceptors (Lipinski definition) is 3. The van der Waals surface area contributed by atoms with Crippen LogP contribution in [-0.2, 0) is 9.84 Å². The summed E-state index contributed by atoms with van der Waals surface area (Å²) < 4.78 is 21.1. The van der Waals surface area contributed by atoms with Crippen LogP contribution >= 0.6 is 0 Å². The largest absolute Gasteiger partial charge is 0.387 e. The van der Waals surface area contributed by atoms with E-state index in [-0.39, 0.29) is 5.84 Å². The van der Waals surface area contributed by atoms with Crippen LogP contribution < -0.4 is 5.73 Å². The minimum Gasteiger partial charge on any atom is -0.387 e. The number of hydrogen-bond donors (Lipinski definition) is 2. The number of amidine groups is 1. The van der Waals surface area contributed by atoms with Crippen molar-refractivity contribution in [1.29, 1.82) is 5.41 Å². The third kappa shape index (κ3) is 2.46. The summed E-state index contributed by atoms with van der Waals surface area (Å²) in [5, 5.41) is 5.91. The van der Waals surface area contributed by atoms with Crippen LogP contribution in [-0.4, -0.2) is 25.8 Å². The van der Waals surface area contributed by atoms with Crippen molar-refractivity contribution in [3.8, 4) is 0 Å². The van der Waals surface area contributed by atoms with Crippen LogP contribution in [0.15, 0.2) is 0 Å². The molecule has 0 fully saturated rings. The molecule has 1 unspecified atom stereocenters. The summed E-state index contributed by atoms with van der Waals surface area (Å²) >= 11 is 0. The highest BCUT2D eigenvalue weighted by molar-refractivity contribution is 7.92. The lowest BCUT2D eigenvalue weighted by atomic mass is 10.4. The van der Waals surface area contributed by atoms with Gasteiger partial charge in [-0.2, -0.15) is 0 Å².